The quantitative estimate of drug-likeness (QED) is 0.716. The third-order valence-corrected chi connectivity index (χ3v) is 5.15. The molecule has 1 aliphatic rings. The molecule has 3 heteroatoms. The topological polar surface area (TPSA) is 54.7 Å². The van der Waals surface area contributed by atoms with Crippen molar-refractivity contribution in [3.05, 3.63) is 90.3 Å². The van der Waals surface area contributed by atoms with Gasteiger partial charge in [-0.2, -0.15) is 0 Å². The molecule has 4 rings (SSSR count). The number of nitrogens with one attached hydrogen (secondary N) is 1. The van der Waals surface area contributed by atoms with Crippen molar-refractivity contribution in [2.45, 2.75) is 25.3 Å². The molecule has 0 aliphatic heterocycles. The van der Waals surface area contributed by atoms with Crippen molar-refractivity contribution >= 4 is 0 Å². The molecule has 0 amide bonds. The van der Waals surface area contributed by atoms with Crippen LogP contribution in [0.5, 0.6) is 0 Å². The normalized spacial score (nSPS) is 22.3. The first-order valence-corrected chi connectivity index (χ1v) is 8.92. The number of nitrogens with two attached hydrogens (primary N) is 1. The fourth-order valence-electron chi connectivity index (χ4n) is 3.41. The molecule has 0 saturated heterocycles. The molecule has 2 unspecified atom stereocenters. The molecule has 2 aromatic carbocycles. The highest BCUT2D eigenvalue weighted by atomic mass is 15.0. The van der Waals surface area contributed by atoms with E-state index < -0.39 is 0 Å². The summed E-state index contributed by atoms with van der Waals surface area (Å²) in [4.78, 5) is 8.59. The van der Waals surface area contributed by atoms with E-state index in [0.717, 1.165) is 28.3 Å². The molecule has 0 spiro atoms. The van der Waals surface area contributed by atoms with Crippen LogP contribution in [-0.2, 0) is 5.41 Å². The number of hydrogen-bond acceptors (Lipinski definition) is 2. The Labute approximate surface area is 154 Å². The van der Waals surface area contributed by atoms with Crippen molar-refractivity contribution < 1.29 is 0 Å². The van der Waals surface area contributed by atoms with Gasteiger partial charge in [-0.15, -0.1) is 0 Å². The second kappa shape index (κ2) is 6.43. The van der Waals surface area contributed by atoms with Crippen LogP contribution in [0.1, 0.15) is 19.7 Å². The SMILES string of the molecule is CC1=CC(N)C(C)(c2nc(-c3ccccc3)c(-c3ccccc3)[nH]2)C=C1. The molecule has 0 bridgehead atoms. The van der Waals surface area contributed by atoms with E-state index in [4.69, 9.17) is 10.7 Å². The minimum atomic E-state index is -0.365. The van der Waals surface area contributed by atoms with Crippen LogP contribution in [0.25, 0.3) is 22.5 Å². The highest BCUT2D eigenvalue weighted by Gasteiger charge is 2.35. The van der Waals surface area contributed by atoms with E-state index in [9.17, 15) is 0 Å². The molecule has 1 heterocycles. The average molecular weight is 341 g/mol. The summed E-state index contributed by atoms with van der Waals surface area (Å²) in [5, 5.41) is 0. The lowest BCUT2D eigenvalue weighted by atomic mass is 9.77. The Hall–Kier alpha value is -2.91. The first-order valence-electron chi connectivity index (χ1n) is 8.92. The van der Waals surface area contributed by atoms with Crippen LogP contribution >= 0.6 is 0 Å². The number of hydrogen-bond donors (Lipinski definition) is 2. The van der Waals surface area contributed by atoms with Crippen LogP contribution in [0.15, 0.2) is 84.5 Å². The highest BCUT2D eigenvalue weighted by Crippen LogP contribution is 2.37. The van der Waals surface area contributed by atoms with E-state index in [2.05, 4.69) is 61.3 Å². The maximum absolute atomic E-state index is 6.48. The lowest BCUT2D eigenvalue weighted by molar-refractivity contribution is 0.491. The molecule has 1 aliphatic carbocycles. The summed E-state index contributed by atoms with van der Waals surface area (Å²) in [7, 11) is 0. The number of H-pyrrole nitrogens is 1. The summed E-state index contributed by atoms with van der Waals surface area (Å²) in [5.74, 6) is 0.891. The monoisotopic (exact) mass is 341 g/mol. The minimum Gasteiger partial charge on any atom is -0.341 e. The molecule has 3 N–H and O–H groups in total. The zero-order chi connectivity index (χ0) is 18.1. The summed E-state index contributed by atoms with van der Waals surface area (Å²) >= 11 is 0. The second-order valence-corrected chi connectivity index (χ2v) is 7.09. The number of aromatic nitrogens is 2. The zero-order valence-corrected chi connectivity index (χ0v) is 15.1. The maximum atomic E-state index is 6.48. The molecule has 1 aromatic heterocycles. The number of benzene rings is 2. The molecule has 3 aromatic rings. The molecular weight excluding hydrogens is 318 g/mol. The first kappa shape index (κ1) is 16.6. The van der Waals surface area contributed by atoms with E-state index in [1.807, 2.05) is 36.4 Å². The predicted molar refractivity (Wildman–Crippen MR) is 108 cm³/mol. The van der Waals surface area contributed by atoms with Crippen LogP contribution < -0.4 is 5.73 Å². The predicted octanol–water partition coefficient (Wildman–Crippen LogP) is 4.84. The first-order chi connectivity index (χ1) is 12.6. The third kappa shape index (κ3) is 2.80. The van der Waals surface area contributed by atoms with Crippen LogP contribution in [0.3, 0.4) is 0 Å². The summed E-state index contributed by atoms with van der Waals surface area (Å²) in [6.07, 6.45) is 6.39. The molecular formula is C23H23N3. The van der Waals surface area contributed by atoms with E-state index >= 15 is 0 Å². The number of rotatable bonds is 3. The molecule has 0 saturated carbocycles. The van der Waals surface area contributed by atoms with Gasteiger partial charge in [0.2, 0.25) is 0 Å². The molecule has 0 fully saturated rings. The van der Waals surface area contributed by atoms with Crippen LogP contribution in [0.4, 0.5) is 0 Å². The number of aromatic amines is 1. The minimum absolute atomic E-state index is 0.120. The Balaban J connectivity index is 1.89. The van der Waals surface area contributed by atoms with E-state index in [1.54, 1.807) is 0 Å². The van der Waals surface area contributed by atoms with Crippen molar-refractivity contribution in [1.29, 1.82) is 0 Å². The molecule has 3 nitrogen and oxygen atoms in total. The third-order valence-electron chi connectivity index (χ3n) is 5.15. The van der Waals surface area contributed by atoms with Crippen molar-refractivity contribution in [1.82, 2.24) is 9.97 Å². The van der Waals surface area contributed by atoms with Crippen LogP contribution in [0.2, 0.25) is 0 Å². The fourth-order valence-corrected chi connectivity index (χ4v) is 3.41. The van der Waals surface area contributed by atoms with Crippen molar-refractivity contribution in [2.24, 2.45) is 5.73 Å². The van der Waals surface area contributed by atoms with Crippen molar-refractivity contribution in [3.63, 3.8) is 0 Å². The lowest BCUT2D eigenvalue weighted by Gasteiger charge is -2.31. The average Bonchev–Trinajstić information content (AvgIpc) is 3.13. The molecule has 0 radical (unpaired) electrons. The van der Waals surface area contributed by atoms with Crippen LogP contribution in [0, 0.1) is 0 Å². The van der Waals surface area contributed by atoms with Gasteiger partial charge in [-0.1, -0.05) is 84.5 Å². The Bertz CT molecular complexity index is 910. The van der Waals surface area contributed by atoms with E-state index in [0.29, 0.717) is 0 Å². The van der Waals surface area contributed by atoms with Gasteiger partial charge < -0.3 is 10.7 Å². The summed E-state index contributed by atoms with van der Waals surface area (Å²) < 4.78 is 0. The summed E-state index contributed by atoms with van der Waals surface area (Å²) in [6, 6.07) is 20.5. The summed E-state index contributed by atoms with van der Waals surface area (Å²) in [6.45, 7) is 4.21. The lowest BCUT2D eigenvalue weighted by Crippen LogP contribution is -2.42. The van der Waals surface area contributed by atoms with Crippen LogP contribution in [-0.4, -0.2) is 16.0 Å². The van der Waals surface area contributed by atoms with Gasteiger partial charge in [0.1, 0.15) is 5.82 Å². The highest BCUT2D eigenvalue weighted by molar-refractivity contribution is 5.78. The van der Waals surface area contributed by atoms with Gasteiger partial charge >= 0.3 is 0 Å². The number of nitrogens with zero attached hydrogens (tertiary/aromatic N) is 1. The molecule has 130 valence electrons. The van der Waals surface area contributed by atoms with Gasteiger partial charge in [-0.05, 0) is 13.8 Å². The Morgan fingerprint density at radius 1 is 0.962 bits per heavy atom. The second-order valence-electron chi connectivity index (χ2n) is 7.09. The van der Waals surface area contributed by atoms with Crippen molar-refractivity contribution in [2.75, 3.05) is 0 Å². The smallest absolute Gasteiger partial charge is 0.119 e. The number of imidazole rings is 1. The molecule has 2 atom stereocenters. The standard InChI is InChI=1S/C23H23N3/c1-16-13-14-23(2,19(24)15-16)22-25-20(17-9-5-3-6-10-17)21(26-22)18-11-7-4-8-12-18/h3-15,19H,24H2,1-2H3,(H,25,26). The van der Waals surface area contributed by atoms with Gasteiger partial charge in [0, 0.05) is 17.2 Å². The van der Waals surface area contributed by atoms with E-state index in [-0.39, 0.29) is 11.5 Å². The Morgan fingerprint density at radius 2 is 1.58 bits per heavy atom. The zero-order valence-electron chi connectivity index (χ0n) is 15.1. The Morgan fingerprint density at radius 3 is 2.19 bits per heavy atom. The van der Waals surface area contributed by atoms with Crippen molar-refractivity contribution in [3.8, 4) is 22.5 Å². The maximum Gasteiger partial charge on any atom is 0.119 e. The van der Waals surface area contributed by atoms with E-state index in [1.165, 1.54) is 5.57 Å². The Kier molecular flexibility index (Phi) is 4.09. The van der Waals surface area contributed by atoms with Gasteiger partial charge in [-0.3, -0.25) is 0 Å². The summed E-state index contributed by atoms with van der Waals surface area (Å²) in [5.41, 5.74) is 11.5. The largest absolute Gasteiger partial charge is 0.341 e. The van der Waals surface area contributed by atoms with Gasteiger partial charge in [0.15, 0.2) is 0 Å². The number of allylic oxidation sites excluding steroid dienone is 2. The van der Waals surface area contributed by atoms with Gasteiger partial charge in [0.25, 0.3) is 0 Å². The van der Waals surface area contributed by atoms with Gasteiger partial charge in [0.05, 0.1) is 16.8 Å². The fraction of sp³-hybridized carbons (Fsp3) is 0.174. The van der Waals surface area contributed by atoms with Gasteiger partial charge in [-0.25, -0.2) is 4.98 Å². The molecule has 26 heavy (non-hydrogen) atoms.